The molecule has 2 rings (SSSR count). The molecule has 0 aromatic heterocycles. The van der Waals surface area contributed by atoms with Crippen molar-refractivity contribution in [3.05, 3.63) is 77.3 Å². The molecule has 0 unspecified atom stereocenters. The van der Waals surface area contributed by atoms with Gasteiger partial charge in [-0.05, 0) is 18.2 Å². The van der Waals surface area contributed by atoms with Gasteiger partial charge in [-0.15, -0.1) is 6.58 Å². The van der Waals surface area contributed by atoms with Gasteiger partial charge in [0.25, 0.3) is 5.91 Å². The van der Waals surface area contributed by atoms with Gasteiger partial charge in [-0.1, -0.05) is 48.0 Å². The molecule has 2 aromatic rings. The van der Waals surface area contributed by atoms with Crippen LogP contribution in [0.3, 0.4) is 0 Å². The van der Waals surface area contributed by atoms with Gasteiger partial charge >= 0.3 is 12.0 Å². The van der Waals surface area contributed by atoms with Gasteiger partial charge in [0, 0.05) is 17.1 Å². The second-order valence-corrected chi connectivity index (χ2v) is 5.91. The van der Waals surface area contributed by atoms with E-state index >= 15 is 0 Å². The average Bonchev–Trinajstić information content (AvgIpc) is 2.70. The Bertz CT molecular complexity index is 869. The molecule has 28 heavy (non-hydrogen) atoms. The summed E-state index contributed by atoms with van der Waals surface area (Å²) in [7, 11) is 0. The summed E-state index contributed by atoms with van der Waals surface area (Å²) in [5, 5.41) is 4.95. The number of amides is 3. The number of hydrogen-bond acceptors (Lipinski definition) is 5. The largest absolute Gasteiger partial charge is 0.488 e. The van der Waals surface area contributed by atoms with Crippen LogP contribution in [0, 0.1) is 0 Å². The smallest absolute Gasteiger partial charge is 0.342 e. The predicted molar refractivity (Wildman–Crippen MR) is 104 cm³/mol. The number of rotatable bonds is 8. The fourth-order valence-electron chi connectivity index (χ4n) is 2.11. The lowest BCUT2D eigenvalue weighted by atomic mass is 10.2. The molecule has 0 aliphatic carbocycles. The first-order chi connectivity index (χ1) is 13.5. The number of esters is 1. The molecular weight excluding hydrogens is 384 g/mol. The molecule has 8 heteroatoms. The molecule has 0 spiro atoms. The summed E-state index contributed by atoms with van der Waals surface area (Å²) in [5.41, 5.74) is 0.913. The van der Waals surface area contributed by atoms with Crippen LogP contribution in [0.4, 0.5) is 4.79 Å². The molecule has 2 N–H and O–H groups in total. The highest BCUT2D eigenvalue weighted by Crippen LogP contribution is 2.22. The molecule has 3 amide bonds. The lowest BCUT2D eigenvalue weighted by molar-refractivity contribution is -0.123. The summed E-state index contributed by atoms with van der Waals surface area (Å²) in [6, 6.07) is 12.9. The number of para-hydroxylation sites is 1. The minimum Gasteiger partial charge on any atom is -0.488 e. The van der Waals surface area contributed by atoms with Gasteiger partial charge in [0.1, 0.15) is 17.9 Å². The summed E-state index contributed by atoms with van der Waals surface area (Å²) in [4.78, 5) is 35.3. The summed E-state index contributed by atoms with van der Waals surface area (Å²) < 4.78 is 10.6. The van der Waals surface area contributed by atoms with E-state index in [9.17, 15) is 14.4 Å². The second kappa shape index (κ2) is 10.7. The molecule has 0 saturated carbocycles. The number of imide groups is 1. The van der Waals surface area contributed by atoms with Crippen molar-refractivity contribution in [2.75, 3.05) is 13.2 Å². The van der Waals surface area contributed by atoms with Crippen molar-refractivity contribution in [3.63, 3.8) is 0 Å². The minimum absolute atomic E-state index is 0.151. The molecule has 0 aliphatic heterocycles. The number of ether oxygens (including phenoxy) is 2. The maximum atomic E-state index is 12.3. The van der Waals surface area contributed by atoms with E-state index in [1.807, 2.05) is 17.4 Å². The first kappa shape index (κ1) is 21.0. The van der Waals surface area contributed by atoms with Gasteiger partial charge < -0.3 is 14.8 Å². The lowest BCUT2D eigenvalue weighted by Gasteiger charge is -2.12. The van der Waals surface area contributed by atoms with E-state index in [4.69, 9.17) is 21.1 Å². The van der Waals surface area contributed by atoms with Crippen molar-refractivity contribution in [1.82, 2.24) is 10.6 Å². The van der Waals surface area contributed by atoms with Crippen LogP contribution in [0.5, 0.6) is 5.75 Å². The van der Waals surface area contributed by atoms with Crippen molar-refractivity contribution in [3.8, 4) is 5.75 Å². The van der Waals surface area contributed by atoms with Crippen LogP contribution in [0.25, 0.3) is 0 Å². The van der Waals surface area contributed by atoms with Gasteiger partial charge in [-0.3, -0.25) is 10.1 Å². The van der Waals surface area contributed by atoms with E-state index in [2.05, 4.69) is 11.9 Å². The summed E-state index contributed by atoms with van der Waals surface area (Å²) in [6.45, 7) is 3.19. The number of carbonyl (C=O) groups is 3. The second-order valence-electron chi connectivity index (χ2n) is 5.50. The van der Waals surface area contributed by atoms with E-state index in [0.29, 0.717) is 5.02 Å². The molecular formula is C20H19ClN2O5. The van der Waals surface area contributed by atoms with Crippen molar-refractivity contribution in [2.24, 2.45) is 0 Å². The van der Waals surface area contributed by atoms with Crippen LogP contribution >= 0.6 is 11.6 Å². The molecule has 146 valence electrons. The van der Waals surface area contributed by atoms with Gasteiger partial charge in [-0.25, -0.2) is 9.59 Å². The van der Waals surface area contributed by atoms with Gasteiger partial charge in [-0.2, -0.15) is 0 Å². The summed E-state index contributed by atoms with van der Waals surface area (Å²) >= 11 is 6.10. The quantitative estimate of drug-likeness (QED) is 0.522. The third kappa shape index (κ3) is 6.44. The topological polar surface area (TPSA) is 93.7 Å². The molecule has 2 aromatic carbocycles. The maximum absolute atomic E-state index is 12.3. The Hall–Kier alpha value is -3.32. The summed E-state index contributed by atoms with van der Waals surface area (Å²) in [5.74, 6) is -1.22. The highest BCUT2D eigenvalue weighted by Gasteiger charge is 2.16. The zero-order chi connectivity index (χ0) is 20.4. The molecule has 0 bridgehead atoms. The molecule has 7 nitrogen and oxygen atoms in total. The third-order valence-electron chi connectivity index (χ3n) is 3.44. The van der Waals surface area contributed by atoms with Crippen molar-refractivity contribution < 1.29 is 23.9 Å². The van der Waals surface area contributed by atoms with Crippen molar-refractivity contribution >= 4 is 29.5 Å². The van der Waals surface area contributed by atoms with Crippen LogP contribution in [0.15, 0.2) is 61.2 Å². The Labute approximate surface area is 167 Å². The number of nitrogens with one attached hydrogen (secondary N) is 2. The third-order valence-corrected chi connectivity index (χ3v) is 3.81. The molecule has 0 heterocycles. The number of urea groups is 1. The lowest BCUT2D eigenvalue weighted by Crippen LogP contribution is -2.41. The van der Waals surface area contributed by atoms with E-state index in [-0.39, 0.29) is 24.5 Å². The van der Waals surface area contributed by atoms with E-state index < -0.39 is 24.5 Å². The van der Waals surface area contributed by atoms with Crippen molar-refractivity contribution in [2.45, 2.75) is 6.61 Å². The van der Waals surface area contributed by atoms with E-state index in [1.54, 1.807) is 30.3 Å². The summed E-state index contributed by atoms with van der Waals surface area (Å²) in [6.07, 6.45) is 1.46. The monoisotopic (exact) mass is 402 g/mol. The Kier molecular flexibility index (Phi) is 8.05. The fourth-order valence-corrected chi connectivity index (χ4v) is 2.30. The van der Waals surface area contributed by atoms with Gasteiger partial charge in [0.15, 0.2) is 6.61 Å². The zero-order valence-corrected chi connectivity index (χ0v) is 15.7. The van der Waals surface area contributed by atoms with Crippen LogP contribution in [-0.4, -0.2) is 31.1 Å². The SMILES string of the molecule is C=CCNC(=O)NC(=O)COC(=O)c1ccccc1OCc1ccccc1Cl. The van der Waals surface area contributed by atoms with Gasteiger partial charge in [0.2, 0.25) is 0 Å². The molecule has 0 fully saturated rings. The Morgan fingerprint density at radius 2 is 1.79 bits per heavy atom. The highest BCUT2D eigenvalue weighted by molar-refractivity contribution is 6.31. The minimum atomic E-state index is -0.760. The normalized spacial score (nSPS) is 9.89. The first-order valence-electron chi connectivity index (χ1n) is 8.32. The Morgan fingerprint density at radius 1 is 1.07 bits per heavy atom. The highest BCUT2D eigenvalue weighted by atomic mass is 35.5. The molecule has 0 saturated heterocycles. The number of halogens is 1. The van der Waals surface area contributed by atoms with Crippen LogP contribution < -0.4 is 15.4 Å². The number of carbonyl (C=O) groups excluding carboxylic acids is 3. The molecule has 0 radical (unpaired) electrons. The first-order valence-corrected chi connectivity index (χ1v) is 8.70. The van der Waals surface area contributed by atoms with E-state index in [1.165, 1.54) is 12.1 Å². The Balaban J connectivity index is 1.93. The Morgan fingerprint density at radius 3 is 2.54 bits per heavy atom. The van der Waals surface area contributed by atoms with E-state index in [0.717, 1.165) is 5.56 Å². The number of benzene rings is 2. The fraction of sp³-hybridized carbons (Fsp3) is 0.150. The standard InChI is InChI=1S/C20H19ClN2O5/c1-2-11-22-20(26)23-18(24)13-28-19(25)15-8-4-6-10-17(15)27-12-14-7-3-5-9-16(14)21/h2-10H,1,11-13H2,(H2,22,23,24,26). The zero-order valence-electron chi connectivity index (χ0n) is 14.9. The predicted octanol–water partition coefficient (Wildman–Crippen LogP) is 3.09. The molecule has 0 aliphatic rings. The maximum Gasteiger partial charge on any atom is 0.342 e. The van der Waals surface area contributed by atoms with Crippen LogP contribution in [0.2, 0.25) is 5.02 Å². The van der Waals surface area contributed by atoms with Crippen molar-refractivity contribution in [1.29, 1.82) is 0 Å². The van der Waals surface area contributed by atoms with Crippen LogP contribution in [0.1, 0.15) is 15.9 Å². The van der Waals surface area contributed by atoms with Gasteiger partial charge in [0.05, 0.1) is 0 Å². The number of hydrogen-bond donors (Lipinski definition) is 2. The van der Waals surface area contributed by atoms with Crippen LogP contribution in [-0.2, 0) is 16.1 Å². The molecule has 0 atom stereocenters. The average molecular weight is 403 g/mol.